The first kappa shape index (κ1) is 16.2. The van der Waals surface area contributed by atoms with Gasteiger partial charge in [0.25, 0.3) is 0 Å². The molecular formula is C19H13NO5. The van der Waals surface area contributed by atoms with E-state index in [9.17, 15) is 14.4 Å². The van der Waals surface area contributed by atoms with Crippen molar-refractivity contribution in [2.24, 2.45) is 0 Å². The fraction of sp³-hybridized carbons (Fsp3) is 0. The molecule has 0 radical (unpaired) electrons. The molecule has 0 saturated heterocycles. The number of hydrogen-bond donors (Lipinski definition) is 2. The summed E-state index contributed by atoms with van der Waals surface area (Å²) in [6, 6.07) is 14.6. The van der Waals surface area contributed by atoms with E-state index in [1.807, 2.05) is 0 Å². The molecule has 0 fully saturated rings. The van der Waals surface area contributed by atoms with Crippen LogP contribution in [0.15, 0.2) is 76.1 Å². The molecule has 0 saturated carbocycles. The Hall–Kier alpha value is -3.67. The van der Waals surface area contributed by atoms with Gasteiger partial charge in [0.15, 0.2) is 5.78 Å². The summed E-state index contributed by atoms with van der Waals surface area (Å²) in [5, 5.41) is 12.5. The average molecular weight is 335 g/mol. The summed E-state index contributed by atoms with van der Waals surface area (Å²) < 4.78 is 5.12. The van der Waals surface area contributed by atoms with E-state index in [1.165, 1.54) is 18.3 Å². The molecule has 0 amide bonds. The monoisotopic (exact) mass is 335 g/mol. The van der Waals surface area contributed by atoms with Gasteiger partial charge in [0, 0.05) is 17.7 Å². The van der Waals surface area contributed by atoms with E-state index in [2.05, 4.69) is 5.32 Å². The summed E-state index contributed by atoms with van der Waals surface area (Å²) in [6.07, 6.45) is 2.44. The molecule has 6 nitrogen and oxygen atoms in total. The first-order chi connectivity index (χ1) is 12.1. The number of benzene rings is 2. The third-order valence-electron chi connectivity index (χ3n) is 3.54. The lowest BCUT2D eigenvalue weighted by Crippen LogP contribution is -2.12. The van der Waals surface area contributed by atoms with Gasteiger partial charge in [-0.2, -0.15) is 0 Å². The molecule has 0 aliphatic heterocycles. The molecule has 0 aliphatic rings. The molecule has 1 aromatic heterocycles. The van der Waals surface area contributed by atoms with E-state index < -0.39 is 17.4 Å². The lowest BCUT2D eigenvalue weighted by molar-refractivity contribution is 0.0697. The third kappa shape index (κ3) is 3.48. The molecule has 0 unspecified atom stereocenters. The number of aromatic carboxylic acids is 1. The Labute approximate surface area is 142 Å². The van der Waals surface area contributed by atoms with Crippen LogP contribution in [0.25, 0.3) is 11.0 Å². The van der Waals surface area contributed by atoms with Gasteiger partial charge in [0.2, 0.25) is 0 Å². The Morgan fingerprint density at radius 2 is 1.72 bits per heavy atom. The molecule has 0 aliphatic carbocycles. The van der Waals surface area contributed by atoms with Gasteiger partial charge < -0.3 is 14.8 Å². The van der Waals surface area contributed by atoms with Crippen molar-refractivity contribution in [3.05, 3.63) is 88.4 Å². The van der Waals surface area contributed by atoms with Crippen LogP contribution in [-0.2, 0) is 0 Å². The first-order valence-electron chi connectivity index (χ1n) is 7.39. The zero-order chi connectivity index (χ0) is 17.8. The number of nitrogens with one attached hydrogen (secondary N) is 1. The van der Waals surface area contributed by atoms with E-state index in [0.717, 1.165) is 6.08 Å². The summed E-state index contributed by atoms with van der Waals surface area (Å²) in [5.74, 6) is -1.63. The Morgan fingerprint density at radius 1 is 1.00 bits per heavy atom. The second kappa shape index (κ2) is 6.84. The number of para-hydroxylation sites is 2. The molecule has 2 aromatic carbocycles. The minimum atomic E-state index is -1.09. The molecule has 0 spiro atoms. The van der Waals surface area contributed by atoms with Gasteiger partial charge in [-0.25, -0.2) is 9.59 Å². The van der Waals surface area contributed by atoms with Crippen molar-refractivity contribution in [3.8, 4) is 0 Å². The second-order valence-electron chi connectivity index (χ2n) is 5.18. The van der Waals surface area contributed by atoms with Crippen LogP contribution in [0.4, 0.5) is 5.69 Å². The number of carbonyl (C=O) groups is 2. The van der Waals surface area contributed by atoms with Crippen molar-refractivity contribution in [1.29, 1.82) is 0 Å². The second-order valence-corrected chi connectivity index (χ2v) is 5.18. The predicted octanol–water partition coefficient (Wildman–Crippen LogP) is 3.30. The fourth-order valence-electron chi connectivity index (χ4n) is 2.33. The number of anilines is 1. The summed E-state index contributed by atoms with van der Waals surface area (Å²) in [6.45, 7) is 0. The molecular weight excluding hydrogens is 322 g/mol. The molecule has 3 rings (SSSR count). The maximum Gasteiger partial charge on any atom is 0.347 e. The van der Waals surface area contributed by atoms with Gasteiger partial charge >= 0.3 is 11.6 Å². The van der Waals surface area contributed by atoms with Crippen LogP contribution >= 0.6 is 0 Å². The molecule has 2 N–H and O–H groups in total. The molecule has 124 valence electrons. The van der Waals surface area contributed by atoms with Crippen molar-refractivity contribution >= 4 is 28.4 Å². The van der Waals surface area contributed by atoms with Crippen LogP contribution in [0.3, 0.4) is 0 Å². The number of carboxylic acids is 1. The minimum absolute atomic E-state index is 0.0739. The Bertz CT molecular complexity index is 1050. The SMILES string of the molecule is O=C(O)c1ccccc1N/C=C/C(=O)c1cc2ccccc2oc1=O. The van der Waals surface area contributed by atoms with Gasteiger partial charge in [-0.05, 0) is 24.3 Å². The van der Waals surface area contributed by atoms with Crippen molar-refractivity contribution in [1.82, 2.24) is 0 Å². The number of fused-ring (bicyclic) bond motifs is 1. The highest BCUT2D eigenvalue weighted by Crippen LogP contribution is 2.15. The Morgan fingerprint density at radius 3 is 2.52 bits per heavy atom. The third-order valence-corrected chi connectivity index (χ3v) is 3.54. The maximum atomic E-state index is 12.2. The van der Waals surface area contributed by atoms with Gasteiger partial charge in [-0.15, -0.1) is 0 Å². The van der Waals surface area contributed by atoms with E-state index >= 15 is 0 Å². The van der Waals surface area contributed by atoms with Gasteiger partial charge in [0.1, 0.15) is 11.1 Å². The standard InChI is InChI=1S/C19H13NO5/c21-16(9-10-20-15-7-3-2-6-13(15)18(22)23)14-11-12-5-1-4-8-17(12)25-19(14)24/h1-11,20H,(H,22,23)/b10-9+. The molecule has 1 heterocycles. The van der Waals surface area contributed by atoms with E-state index in [1.54, 1.807) is 42.5 Å². The van der Waals surface area contributed by atoms with Gasteiger partial charge in [-0.3, -0.25) is 4.79 Å². The van der Waals surface area contributed by atoms with Crippen molar-refractivity contribution in [2.45, 2.75) is 0 Å². The van der Waals surface area contributed by atoms with Gasteiger partial charge in [-0.1, -0.05) is 30.3 Å². The highest BCUT2D eigenvalue weighted by atomic mass is 16.4. The fourth-order valence-corrected chi connectivity index (χ4v) is 2.33. The number of ketones is 1. The van der Waals surface area contributed by atoms with Crippen molar-refractivity contribution in [2.75, 3.05) is 5.32 Å². The summed E-state index contributed by atoms with van der Waals surface area (Å²) in [5.41, 5.74) is -0.00138. The first-order valence-corrected chi connectivity index (χ1v) is 7.39. The van der Waals surface area contributed by atoms with E-state index in [4.69, 9.17) is 9.52 Å². The highest BCUT2D eigenvalue weighted by molar-refractivity contribution is 6.06. The molecule has 0 bridgehead atoms. The largest absolute Gasteiger partial charge is 0.478 e. The predicted molar refractivity (Wildman–Crippen MR) is 93.0 cm³/mol. The topological polar surface area (TPSA) is 96.6 Å². The Kier molecular flexibility index (Phi) is 4.43. The molecule has 3 aromatic rings. The van der Waals surface area contributed by atoms with Crippen LogP contribution in [-0.4, -0.2) is 16.9 Å². The summed E-state index contributed by atoms with van der Waals surface area (Å²) >= 11 is 0. The zero-order valence-electron chi connectivity index (χ0n) is 12.9. The van der Waals surface area contributed by atoms with Crippen molar-refractivity contribution < 1.29 is 19.1 Å². The van der Waals surface area contributed by atoms with Crippen LogP contribution < -0.4 is 10.9 Å². The summed E-state index contributed by atoms with van der Waals surface area (Å²) in [7, 11) is 0. The molecule has 0 atom stereocenters. The molecule has 6 heteroatoms. The average Bonchev–Trinajstić information content (AvgIpc) is 2.61. The van der Waals surface area contributed by atoms with Gasteiger partial charge in [0.05, 0.1) is 11.3 Å². The summed E-state index contributed by atoms with van der Waals surface area (Å²) in [4.78, 5) is 35.3. The highest BCUT2D eigenvalue weighted by Gasteiger charge is 2.11. The Balaban J connectivity index is 1.83. The van der Waals surface area contributed by atoms with Crippen LogP contribution in [0, 0.1) is 0 Å². The minimum Gasteiger partial charge on any atom is -0.478 e. The number of carbonyl (C=O) groups excluding carboxylic acids is 1. The van der Waals surface area contributed by atoms with E-state index in [0.29, 0.717) is 16.7 Å². The lowest BCUT2D eigenvalue weighted by atomic mass is 10.1. The van der Waals surface area contributed by atoms with Crippen molar-refractivity contribution in [3.63, 3.8) is 0 Å². The van der Waals surface area contributed by atoms with Crippen LogP contribution in [0.1, 0.15) is 20.7 Å². The smallest absolute Gasteiger partial charge is 0.347 e. The quantitative estimate of drug-likeness (QED) is 0.422. The maximum absolute atomic E-state index is 12.2. The normalized spacial score (nSPS) is 10.9. The lowest BCUT2D eigenvalue weighted by Gasteiger charge is -2.04. The van der Waals surface area contributed by atoms with Crippen LogP contribution in [0.5, 0.6) is 0 Å². The molecule has 25 heavy (non-hydrogen) atoms. The number of hydrogen-bond acceptors (Lipinski definition) is 5. The number of allylic oxidation sites excluding steroid dienone is 1. The van der Waals surface area contributed by atoms with Crippen LogP contribution in [0.2, 0.25) is 0 Å². The number of carboxylic acid groups (broad SMARTS) is 1. The van der Waals surface area contributed by atoms with E-state index in [-0.39, 0.29) is 11.1 Å². The number of rotatable bonds is 5. The zero-order valence-corrected chi connectivity index (χ0v) is 12.9.